The van der Waals surface area contributed by atoms with Crippen molar-refractivity contribution in [1.82, 2.24) is 0 Å². The van der Waals surface area contributed by atoms with Crippen molar-refractivity contribution >= 4 is 8.03 Å². The predicted octanol–water partition coefficient (Wildman–Crippen LogP) is 2.15. The van der Waals surface area contributed by atoms with Crippen LogP contribution in [0.15, 0.2) is 0 Å². The SMILES string of the molecule is CO[PH](=O)CCC(C)C. The molecular formula is C6H15O2P. The quantitative estimate of drug-likeness (QED) is 0.574. The molecule has 1 unspecified atom stereocenters. The van der Waals surface area contributed by atoms with Gasteiger partial charge < -0.3 is 4.52 Å². The Balaban J connectivity index is 3.17. The van der Waals surface area contributed by atoms with Crippen molar-refractivity contribution < 1.29 is 9.09 Å². The van der Waals surface area contributed by atoms with Crippen molar-refractivity contribution in [3.8, 4) is 0 Å². The summed E-state index contributed by atoms with van der Waals surface area (Å²) in [5.74, 6) is 0.633. The minimum absolute atomic E-state index is 0.633. The van der Waals surface area contributed by atoms with Gasteiger partial charge in [0.1, 0.15) is 0 Å². The second-order valence-corrected chi connectivity index (χ2v) is 4.16. The van der Waals surface area contributed by atoms with E-state index in [1.54, 1.807) is 0 Å². The van der Waals surface area contributed by atoms with Crippen molar-refractivity contribution in [2.45, 2.75) is 20.3 Å². The van der Waals surface area contributed by atoms with Gasteiger partial charge in [-0.2, -0.15) is 0 Å². The van der Waals surface area contributed by atoms with Crippen LogP contribution in [0.25, 0.3) is 0 Å². The zero-order valence-electron chi connectivity index (χ0n) is 6.31. The van der Waals surface area contributed by atoms with E-state index in [4.69, 9.17) is 0 Å². The van der Waals surface area contributed by atoms with Gasteiger partial charge in [0.25, 0.3) is 0 Å². The monoisotopic (exact) mass is 150 g/mol. The molecule has 2 nitrogen and oxygen atoms in total. The second-order valence-electron chi connectivity index (χ2n) is 2.51. The lowest BCUT2D eigenvalue weighted by Gasteiger charge is -2.01. The van der Waals surface area contributed by atoms with Crippen LogP contribution in [0, 0.1) is 5.92 Å². The molecule has 0 aromatic carbocycles. The maximum Gasteiger partial charge on any atom is 0.191 e. The fourth-order valence-corrected chi connectivity index (χ4v) is 1.53. The van der Waals surface area contributed by atoms with Crippen LogP contribution < -0.4 is 0 Å². The first-order valence-electron chi connectivity index (χ1n) is 3.23. The lowest BCUT2D eigenvalue weighted by atomic mass is 10.2. The predicted molar refractivity (Wildman–Crippen MR) is 40.3 cm³/mol. The zero-order valence-corrected chi connectivity index (χ0v) is 7.31. The molecule has 0 aromatic rings. The van der Waals surface area contributed by atoms with Gasteiger partial charge in [0.2, 0.25) is 0 Å². The lowest BCUT2D eigenvalue weighted by molar-refractivity contribution is 0.411. The molecule has 0 aliphatic rings. The summed E-state index contributed by atoms with van der Waals surface area (Å²) in [6.45, 7) is 4.23. The summed E-state index contributed by atoms with van der Waals surface area (Å²) in [5, 5.41) is 0. The largest absolute Gasteiger partial charge is 0.334 e. The Morgan fingerprint density at radius 1 is 1.56 bits per heavy atom. The molecule has 0 bridgehead atoms. The maximum atomic E-state index is 10.7. The third-order valence-corrected chi connectivity index (χ3v) is 2.31. The van der Waals surface area contributed by atoms with Gasteiger partial charge in [-0.15, -0.1) is 0 Å². The van der Waals surface area contributed by atoms with Crippen molar-refractivity contribution in [3.63, 3.8) is 0 Å². The number of hydrogen-bond donors (Lipinski definition) is 0. The fraction of sp³-hybridized carbons (Fsp3) is 1.00. The minimum atomic E-state index is -1.67. The van der Waals surface area contributed by atoms with E-state index in [1.807, 2.05) is 0 Å². The van der Waals surface area contributed by atoms with E-state index >= 15 is 0 Å². The van der Waals surface area contributed by atoms with E-state index in [0.717, 1.165) is 12.6 Å². The molecule has 0 saturated carbocycles. The molecule has 0 radical (unpaired) electrons. The molecule has 56 valence electrons. The molecule has 0 aromatic heterocycles. The summed E-state index contributed by atoms with van der Waals surface area (Å²) in [5.41, 5.74) is 0. The number of rotatable bonds is 4. The van der Waals surface area contributed by atoms with Gasteiger partial charge in [-0.1, -0.05) is 13.8 Å². The highest BCUT2D eigenvalue weighted by Crippen LogP contribution is 2.22. The van der Waals surface area contributed by atoms with Gasteiger partial charge in [0.15, 0.2) is 8.03 Å². The first-order valence-corrected chi connectivity index (χ1v) is 4.76. The summed E-state index contributed by atoms with van der Waals surface area (Å²) < 4.78 is 15.3. The molecule has 0 heterocycles. The van der Waals surface area contributed by atoms with Crippen LogP contribution in [0.3, 0.4) is 0 Å². The lowest BCUT2D eigenvalue weighted by Crippen LogP contribution is -1.89. The smallest absolute Gasteiger partial charge is 0.191 e. The standard InChI is InChI=1S/C6H15O2P/c1-6(2)4-5-9(7)8-3/h6,9H,4-5H2,1-3H3. The maximum absolute atomic E-state index is 10.7. The van der Waals surface area contributed by atoms with Gasteiger partial charge in [-0.05, 0) is 12.3 Å². The molecular weight excluding hydrogens is 135 g/mol. The van der Waals surface area contributed by atoms with E-state index in [9.17, 15) is 4.57 Å². The average Bonchev–Trinajstić information content (AvgIpc) is 1.83. The summed E-state index contributed by atoms with van der Waals surface area (Å²) in [6, 6.07) is 0. The Hall–Kier alpha value is 0.190. The van der Waals surface area contributed by atoms with E-state index < -0.39 is 8.03 Å². The van der Waals surface area contributed by atoms with Crippen LogP contribution in [-0.4, -0.2) is 13.3 Å². The molecule has 0 saturated heterocycles. The van der Waals surface area contributed by atoms with Crippen molar-refractivity contribution in [2.75, 3.05) is 13.3 Å². The molecule has 1 atom stereocenters. The Kier molecular flexibility index (Phi) is 5.12. The van der Waals surface area contributed by atoms with Crippen LogP contribution in [0.2, 0.25) is 0 Å². The Morgan fingerprint density at radius 2 is 2.11 bits per heavy atom. The van der Waals surface area contributed by atoms with Gasteiger partial charge in [0.05, 0.1) is 0 Å². The summed E-state index contributed by atoms with van der Waals surface area (Å²) in [7, 11) is -0.173. The molecule has 3 heteroatoms. The van der Waals surface area contributed by atoms with Gasteiger partial charge >= 0.3 is 0 Å². The molecule has 9 heavy (non-hydrogen) atoms. The Morgan fingerprint density at radius 3 is 2.44 bits per heavy atom. The highest BCUT2D eigenvalue weighted by Gasteiger charge is 1.98. The molecule has 0 rings (SSSR count). The highest BCUT2D eigenvalue weighted by atomic mass is 31.1. The van der Waals surface area contributed by atoms with Crippen LogP contribution >= 0.6 is 8.03 Å². The highest BCUT2D eigenvalue weighted by molar-refractivity contribution is 7.39. The fourth-order valence-electron chi connectivity index (χ4n) is 0.509. The topological polar surface area (TPSA) is 26.3 Å². The van der Waals surface area contributed by atoms with Crippen molar-refractivity contribution in [1.29, 1.82) is 0 Å². The summed E-state index contributed by atoms with van der Waals surface area (Å²) in [6.07, 6.45) is 1.74. The Labute approximate surface area is 57.5 Å². The van der Waals surface area contributed by atoms with Gasteiger partial charge in [0, 0.05) is 13.3 Å². The van der Waals surface area contributed by atoms with E-state index in [-0.39, 0.29) is 0 Å². The van der Waals surface area contributed by atoms with Crippen molar-refractivity contribution in [2.24, 2.45) is 5.92 Å². The summed E-state index contributed by atoms with van der Waals surface area (Å²) in [4.78, 5) is 0. The molecule has 0 fully saturated rings. The molecule has 0 aliphatic carbocycles. The third kappa shape index (κ3) is 6.07. The molecule has 0 spiro atoms. The van der Waals surface area contributed by atoms with Crippen LogP contribution in [0.4, 0.5) is 0 Å². The average molecular weight is 150 g/mol. The van der Waals surface area contributed by atoms with Gasteiger partial charge in [-0.25, -0.2) is 0 Å². The second kappa shape index (κ2) is 5.01. The molecule has 0 aliphatic heterocycles. The van der Waals surface area contributed by atoms with E-state index in [1.165, 1.54) is 7.11 Å². The molecule has 0 amide bonds. The van der Waals surface area contributed by atoms with Crippen LogP contribution in [-0.2, 0) is 9.09 Å². The number of hydrogen-bond acceptors (Lipinski definition) is 2. The van der Waals surface area contributed by atoms with Gasteiger partial charge in [-0.3, -0.25) is 4.57 Å². The van der Waals surface area contributed by atoms with Crippen molar-refractivity contribution in [3.05, 3.63) is 0 Å². The minimum Gasteiger partial charge on any atom is -0.334 e. The van der Waals surface area contributed by atoms with E-state index in [2.05, 4.69) is 18.4 Å². The third-order valence-electron chi connectivity index (χ3n) is 1.15. The summed E-state index contributed by atoms with van der Waals surface area (Å²) >= 11 is 0. The Bertz CT molecular complexity index is 91.1. The normalized spacial score (nSPS) is 14.2. The van der Waals surface area contributed by atoms with Crippen LogP contribution in [0.5, 0.6) is 0 Å². The van der Waals surface area contributed by atoms with Crippen LogP contribution in [0.1, 0.15) is 20.3 Å². The molecule has 0 N–H and O–H groups in total. The first kappa shape index (κ1) is 9.19. The van der Waals surface area contributed by atoms with E-state index in [0.29, 0.717) is 5.92 Å². The first-order chi connectivity index (χ1) is 4.16. The zero-order chi connectivity index (χ0) is 7.28.